The van der Waals surface area contributed by atoms with Crippen LogP contribution in [0, 0.1) is 5.41 Å². The highest BCUT2D eigenvalue weighted by Crippen LogP contribution is 2.29. The second kappa shape index (κ2) is 5.50. The SMILES string of the molecule is CN(CC(C)(C)C)C(CN)c1cc(Cl)cs1. The number of likely N-dealkylation sites (N-methyl/N-ethyl adjacent to an activating group) is 1. The molecule has 0 aliphatic heterocycles. The van der Waals surface area contributed by atoms with Gasteiger partial charge in [-0.1, -0.05) is 32.4 Å². The molecule has 0 fully saturated rings. The van der Waals surface area contributed by atoms with Crippen LogP contribution < -0.4 is 5.73 Å². The van der Waals surface area contributed by atoms with E-state index in [1.807, 2.05) is 11.4 Å². The average molecular weight is 261 g/mol. The van der Waals surface area contributed by atoms with Gasteiger partial charge in [0.1, 0.15) is 0 Å². The molecule has 1 aromatic heterocycles. The number of nitrogens with zero attached hydrogens (tertiary/aromatic N) is 1. The second-order valence-corrected chi connectivity index (χ2v) is 6.77. The van der Waals surface area contributed by atoms with Gasteiger partial charge in [-0.2, -0.15) is 0 Å². The predicted octanol–water partition coefficient (Wildman–Crippen LogP) is 3.38. The lowest BCUT2D eigenvalue weighted by Gasteiger charge is -2.32. The van der Waals surface area contributed by atoms with E-state index in [2.05, 4.69) is 32.7 Å². The molecule has 0 bridgehead atoms. The van der Waals surface area contributed by atoms with Crippen LogP contribution in [-0.2, 0) is 0 Å². The fourth-order valence-corrected chi connectivity index (χ4v) is 3.14. The molecule has 0 aliphatic rings. The van der Waals surface area contributed by atoms with Gasteiger partial charge in [0.25, 0.3) is 0 Å². The van der Waals surface area contributed by atoms with E-state index in [4.69, 9.17) is 17.3 Å². The van der Waals surface area contributed by atoms with Crippen molar-refractivity contribution in [3.8, 4) is 0 Å². The first kappa shape index (κ1) is 14.0. The fraction of sp³-hybridized carbons (Fsp3) is 0.667. The highest BCUT2D eigenvalue weighted by Gasteiger charge is 2.21. The highest BCUT2D eigenvalue weighted by atomic mass is 35.5. The molecule has 92 valence electrons. The van der Waals surface area contributed by atoms with Crippen LogP contribution in [0.5, 0.6) is 0 Å². The maximum atomic E-state index is 5.95. The Morgan fingerprint density at radius 1 is 1.50 bits per heavy atom. The first-order chi connectivity index (χ1) is 7.33. The van der Waals surface area contributed by atoms with Crippen molar-refractivity contribution in [3.05, 3.63) is 21.3 Å². The zero-order chi connectivity index (χ0) is 12.3. The van der Waals surface area contributed by atoms with Crippen molar-refractivity contribution in [3.63, 3.8) is 0 Å². The molecule has 1 unspecified atom stereocenters. The van der Waals surface area contributed by atoms with Gasteiger partial charge in [-0.25, -0.2) is 0 Å². The van der Waals surface area contributed by atoms with Crippen LogP contribution in [0.2, 0.25) is 5.02 Å². The highest BCUT2D eigenvalue weighted by molar-refractivity contribution is 7.10. The van der Waals surface area contributed by atoms with Crippen molar-refractivity contribution in [2.45, 2.75) is 26.8 Å². The van der Waals surface area contributed by atoms with Crippen LogP contribution in [0.15, 0.2) is 11.4 Å². The Morgan fingerprint density at radius 2 is 2.12 bits per heavy atom. The van der Waals surface area contributed by atoms with Crippen LogP contribution in [-0.4, -0.2) is 25.0 Å². The van der Waals surface area contributed by atoms with Gasteiger partial charge in [0.05, 0.1) is 11.1 Å². The van der Waals surface area contributed by atoms with Crippen molar-refractivity contribution in [1.82, 2.24) is 4.90 Å². The Morgan fingerprint density at radius 3 is 2.50 bits per heavy atom. The van der Waals surface area contributed by atoms with Crippen molar-refractivity contribution in [1.29, 1.82) is 0 Å². The third-order valence-electron chi connectivity index (χ3n) is 2.40. The van der Waals surface area contributed by atoms with Crippen molar-refractivity contribution in [2.75, 3.05) is 20.1 Å². The molecular weight excluding hydrogens is 240 g/mol. The van der Waals surface area contributed by atoms with Crippen LogP contribution >= 0.6 is 22.9 Å². The van der Waals surface area contributed by atoms with E-state index in [9.17, 15) is 0 Å². The quantitative estimate of drug-likeness (QED) is 0.899. The largest absolute Gasteiger partial charge is 0.329 e. The Kier molecular flexibility index (Phi) is 4.80. The molecule has 0 spiro atoms. The van der Waals surface area contributed by atoms with Gasteiger partial charge < -0.3 is 5.73 Å². The summed E-state index contributed by atoms with van der Waals surface area (Å²) in [7, 11) is 2.12. The van der Waals surface area contributed by atoms with E-state index in [1.54, 1.807) is 11.3 Å². The number of thiophene rings is 1. The summed E-state index contributed by atoms with van der Waals surface area (Å²) >= 11 is 7.63. The van der Waals surface area contributed by atoms with Gasteiger partial charge in [0, 0.05) is 23.3 Å². The first-order valence-corrected chi connectivity index (χ1v) is 6.73. The van der Waals surface area contributed by atoms with E-state index < -0.39 is 0 Å². The molecule has 0 aromatic carbocycles. The molecule has 0 amide bonds. The summed E-state index contributed by atoms with van der Waals surface area (Å²) in [6, 6.07) is 2.29. The van der Waals surface area contributed by atoms with E-state index in [-0.39, 0.29) is 11.5 Å². The lowest BCUT2D eigenvalue weighted by atomic mass is 9.95. The summed E-state index contributed by atoms with van der Waals surface area (Å²) in [6.45, 7) is 8.35. The summed E-state index contributed by atoms with van der Waals surface area (Å²) < 4.78 is 0. The topological polar surface area (TPSA) is 29.3 Å². The maximum Gasteiger partial charge on any atom is 0.0562 e. The Labute approximate surface area is 107 Å². The van der Waals surface area contributed by atoms with Gasteiger partial charge in [-0.3, -0.25) is 4.90 Å². The lowest BCUT2D eigenvalue weighted by molar-refractivity contribution is 0.178. The Hall–Kier alpha value is -0.0900. The second-order valence-electron chi connectivity index (χ2n) is 5.39. The molecule has 1 atom stereocenters. The minimum atomic E-state index is 0.275. The fourth-order valence-electron chi connectivity index (χ4n) is 1.87. The molecular formula is C12H21ClN2S. The monoisotopic (exact) mass is 260 g/mol. The molecule has 16 heavy (non-hydrogen) atoms. The molecule has 0 radical (unpaired) electrons. The normalized spacial score (nSPS) is 14.4. The molecule has 0 aliphatic carbocycles. The minimum absolute atomic E-state index is 0.275. The van der Waals surface area contributed by atoms with E-state index in [1.165, 1.54) is 4.88 Å². The molecule has 1 aromatic rings. The van der Waals surface area contributed by atoms with Gasteiger partial charge in [-0.05, 0) is 18.5 Å². The average Bonchev–Trinajstić information content (AvgIpc) is 2.49. The molecule has 0 saturated carbocycles. The van der Waals surface area contributed by atoms with Gasteiger partial charge in [0.2, 0.25) is 0 Å². The minimum Gasteiger partial charge on any atom is -0.329 e. The third-order valence-corrected chi connectivity index (χ3v) is 3.78. The van der Waals surface area contributed by atoms with Crippen LogP contribution in [0.1, 0.15) is 31.7 Å². The van der Waals surface area contributed by atoms with Crippen LogP contribution in [0.4, 0.5) is 0 Å². The van der Waals surface area contributed by atoms with Crippen molar-refractivity contribution in [2.24, 2.45) is 11.1 Å². The number of rotatable bonds is 4. The zero-order valence-corrected chi connectivity index (χ0v) is 12.0. The van der Waals surface area contributed by atoms with Crippen LogP contribution in [0.3, 0.4) is 0 Å². The molecule has 2 N–H and O–H groups in total. The van der Waals surface area contributed by atoms with Crippen molar-refractivity contribution < 1.29 is 0 Å². The number of hydrogen-bond donors (Lipinski definition) is 1. The zero-order valence-electron chi connectivity index (χ0n) is 10.5. The maximum absolute atomic E-state index is 5.95. The first-order valence-electron chi connectivity index (χ1n) is 5.48. The molecule has 1 heterocycles. The van der Waals surface area contributed by atoms with Crippen LogP contribution in [0.25, 0.3) is 0 Å². The molecule has 1 rings (SSSR count). The smallest absolute Gasteiger partial charge is 0.0562 e. The lowest BCUT2D eigenvalue weighted by Crippen LogP contribution is -2.36. The number of nitrogens with two attached hydrogens (primary N) is 1. The summed E-state index contributed by atoms with van der Waals surface area (Å²) in [5.74, 6) is 0. The predicted molar refractivity (Wildman–Crippen MR) is 73.2 cm³/mol. The van der Waals surface area contributed by atoms with E-state index >= 15 is 0 Å². The van der Waals surface area contributed by atoms with Gasteiger partial charge in [0.15, 0.2) is 0 Å². The Balaban J connectivity index is 2.74. The number of hydrogen-bond acceptors (Lipinski definition) is 3. The summed E-state index contributed by atoms with van der Waals surface area (Å²) in [6.07, 6.45) is 0. The summed E-state index contributed by atoms with van der Waals surface area (Å²) in [4.78, 5) is 3.56. The van der Waals surface area contributed by atoms with Crippen molar-refractivity contribution >= 4 is 22.9 Å². The third kappa shape index (κ3) is 4.06. The van der Waals surface area contributed by atoms with E-state index in [0.29, 0.717) is 6.54 Å². The molecule has 4 heteroatoms. The molecule has 0 saturated heterocycles. The standard InChI is InChI=1S/C12H21ClN2S/c1-12(2,3)8-15(4)10(6-14)11-5-9(13)7-16-11/h5,7,10H,6,8,14H2,1-4H3. The van der Waals surface area contributed by atoms with Gasteiger partial charge in [-0.15, -0.1) is 11.3 Å². The Bertz CT molecular complexity index is 330. The van der Waals surface area contributed by atoms with E-state index in [0.717, 1.165) is 11.6 Å². The van der Waals surface area contributed by atoms with Gasteiger partial charge >= 0.3 is 0 Å². The molecule has 2 nitrogen and oxygen atoms in total. The number of halogens is 1. The summed E-state index contributed by atoms with van der Waals surface area (Å²) in [5.41, 5.74) is 6.14. The summed E-state index contributed by atoms with van der Waals surface area (Å²) in [5, 5.41) is 2.77.